The van der Waals surface area contributed by atoms with Crippen molar-refractivity contribution >= 4 is 15.6 Å². The van der Waals surface area contributed by atoms with Gasteiger partial charge in [-0.15, -0.1) is 0 Å². The van der Waals surface area contributed by atoms with Gasteiger partial charge in [0.05, 0.1) is 10.6 Å². The van der Waals surface area contributed by atoms with Gasteiger partial charge in [-0.1, -0.05) is 19.1 Å². The van der Waals surface area contributed by atoms with Crippen LogP contribution >= 0.6 is 0 Å². The Bertz CT molecular complexity index is 572. The third-order valence-electron chi connectivity index (χ3n) is 3.89. The summed E-state index contributed by atoms with van der Waals surface area (Å²) in [6.45, 7) is 4.55. The predicted octanol–water partition coefficient (Wildman–Crippen LogP) is 2.54. The number of likely N-dealkylation sites (tertiary alicyclic amines) is 1. The molecule has 2 rings (SSSR count). The van der Waals surface area contributed by atoms with Crippen molar-refractivity contribution in [2.45, 2.75) is 37.5 Å². The second-order valence-electron chi connectivity index (χ2n) is 5.57. The van der Waals surface area contributed by atoms with E-state index in [4.69, 9.17) is 0 Å². The number of carbonyl (C=O) groups excluding carboxylic acids is 1. The molecule has 21 heavy (non-hydrogen) atoms. The molecule has 0 unspecified atom stereocenters. The van der Waals surface area contributed by atoms with Gasteiger partial charge < -0.3 is 4.90 Å². The Labute approximate surface area is 127 Å². The molecule has 1 aliphatic rings. The van der Waals surface area contributed by atoms with E-state index in [1.807, 2.05) is 6.92 Å². The highest BCUT2D eigenvalue weighted by Gasteiger charge is 2.18. The lowest BCUT2D eigenvalue weighted by molar-refractivity contribution is 0.0981. The predicted molar refractivity (Wildman–Crippen MR) is 83.4 cm³/mol. The number of benzene rings is 1. The first-order valence-corrected chi connectivity index (χ1v) is 9.26. The van der Waals surface area contributed by atoms with Gasteiger partial charge in [0.1, 0.15) is 0 Å². The smallest absolute Gasteiger partial charge is 0.179 e. The monoisotopic (exact) mass is 309 g/mol. The minimum atomic E-state index is -3.26. The lowest BCUT2D eigenvalue weighted by atomic mass is 10.1. The number of carbonyl (C=O) groups is 1. The number of nitrogens with zero attached hydrogens (tertiary/aromatic N) is 1. The van der Waals surface area contributed by atoms with Crippen molar-refractivity contribution in [3.63, 3.8) is 0 Å². The van der Waals surface area contributed by atoms with Crippen molar-refractivity contribution in [3.05, 3.63) is 29.8 Å². The molecule has 1 fully saturated rings. The second kappa shape index (κ2) is 7.18. The normalized spacial score (nSPS) is 16.2. The zero-order valence-electron chi connectivity index (χ0n) is 12.5. The fourth-order valence-corrected chi connectivity index (χ4v) is 3.88. The maximum atomic E-state index is 12.3. The molecule has 0 spiro atoms. The van der Waals surface area contributed by atoms with E-state index in [1.165, 1.54) is 0 Å². The summed E-state index contributed by atoms with van der Waals surface area (Å²) in [5.74, 6) is 0.216. The molecule has 1 saturated heterocycles. The molecule has 1 aromatic carbocycles. The topological polar surface area (TPSA) is 54.5 Å². The molecule has 4 nitrogen and oxygen atoms in total. The summed E-state index contributed by atoms with van der Waals surface area (Å²) in [6, 6.07) is 6.37. The summed E-state index contributed by atoms with van der Waals surface area (Å²) < 4.78 is 24.6. The zero-order valence-corrected chi connectivity index (χ0v) is 13.4. The molecule has 0 aliphatic carbocycles. The van der Waals surface area contributed by atoms with E-state index in [-0.39, 0.29) is 11.5 Å². The van der Waals surface area contributed by atoms with Crippen LogP contribution in [0, 0.1) is 0 Å². The van der Waals surface area contributed by atoms with Crippen molar-refractivity contribution in [1.82, 2.24) is 4.90 Å². The second-order valence-corrected chi connectivity index (χ2v) is 7.67. The van der Waals surface area contributed by atoms with Crippen molar-refractivity contribution in [3.8, 4) is 0 Å². The number of ketones is 1. The van der Waals surface area contributed by atoms with Crippen molar-refractivity contribution in [2.75, 3.05) is 25.4 Å². The minimum absolute atomic E-state index is 0.0681. The van der Waals surface area contributed by atoms with Gasteiger partial charge in [-0.05, 0) is 44.5 Å². The summed E-state index contributed by atoms with van der Waals surface area (Å²) in [6.07, 6.45) is 3.62. The van der Waals surface area contributed by atoms with Gasteiger partial charge in [-0.3, -0.25) is 4.79 Å². The van der Waals surface area contributed by atoms with Crippen molar-refractivity contribution in [2.24, 2.45) is 0 Å². The Kier molecular flexibility index (Phi) is 5.53. The molecular weight excluding hydrogens is 286 g/mol. The molecule has 0 bridgehead atoms. The summed E-state index contributed by atoms with van der Waals surface area (Å²) in [5.41, 5.74) is 0.593. The molecule has 1 aromatic rings. The van der Waals surface area contributed by atoms with Gasteiger partial charge in [0.25, 0.3) is 0 Å². The van der Waals surface area contributed by atoms with Crippen LogP contribution in [-0.2, 0) is 9.84 Å². The lowest BCUT2D eigenvalue weighted by Gasteiger charge is -2.14. The van der Waals surface area contributed by atoms with E-state index in [0.717, 1.165) is 32.4 Å². The summed E-state index contributed by atoms with van der Waals surface area (Å²) >= 11 is 0. The summed E-state index contributed by atoms with van der Waals surface area (Å²) in [4.78, 5) is 14.3. The number of hydrogen-bond donors (Lipinski definition) is 0. The Hall–Kier alpha value is -1.20. The summed E-state index contributed by atoms with van der Waals surface area (Å²) in [5, 5.41) is 0. The summed E-state index contributed by atoms with van der Waals surface area (Å²) in [7, 11) is -3.26. The van der Waals surface area contributed by atoms with Crippen molar-refractivity contribution < 1.29 is 13.2 Å². The van der Waals surface area contributed by atoms with E-state index in [1.54, 1.807) is 24.3 Å². The largest absolute Gasteiger partial charge is 0.302 e. The Balaban J connectivity index is 2.00. The van der Waals surface area contributed by atoms with Gasteiger partial charge in [0, 0.05) is 18.5 Å². The maximum absolute atomic E-state index is 12.3. The Morgan fingerprint density at radius 2 is 1.76 bits per heavy atom. The van der Waals surface area contributed by atoms with E-state index in [2.05, 4.69) is 4.90 Å². The van der Waals surface area contributed by atoms with Crippen LogP contribution in [0.25, 0.3) is 0 Å². The molecule has 1 aliphatic heterocycles. The first-order valence-electron chi connectivity index (χ1n) is 7.61. The molecule has 0 aromatic heterocycles. The third kappa shape index (κ3) is 4.38. The van der Waals surface area contributed by atoms with Crippen LogP contribution in [0.5, 0.6) is 0 Å². The highest BCUT2D eigenvalue weighted by molar-refractivity contribution is 7.91. The fourth-order valence-electron chi connectivity index (χ4n) is 2.59. The van der Waals surface area contributed by atoms with Crippen LogP contribution in [-0.4, -0.2) is 44.5 Å². The number of rotatable bonds is 7. The SMILES string of the molecule is CCCC(=O)c1ccc(S(=O)(=O)CCN2CCCC2)cc1. The van der Waals surface area contributed by atoms with Crippen LogP contribution < -0.4 is 0 Å². The molecule has 0 atom stereocenters. The van der Waals surface area contributed by atoms with Crippen LogP contribution in [0.1, 0.15) is 43.0 Å². The standard InChI is InChI=1S/C16H23NO3S/c1-2-5-16(18)14-6-8-15(9-7-14)21(19,20)13-12-17-10-3-4-11-17/h6-9H,2-5,10-13H2,1H3. The van der Waals surface area contributed by atoms with E-state index in [0.29, 0.717) is 23.4 Å². The molecule has 116 valence electrons. The van der Waals surface area contributed by atoms with E-state index < -0.39 is 9.84 Å². The maximum Gasteiger partial charge on any atom is 0.179 e. The number of sulfone groups is 1. The molecule has 1 heterocycles. The highest BCUT2D eigenvalue weighted by Crippen LogP contribution is 2.15. The van der Waals surface area contributed by atoms with Crippen LogP contribution in [0.2, 0.25) is 0 Å². The minimum Gasteiger partial charge on any atom is -0.302 e. The molecule has 5 heteroatoms. The lowest BCUT2D eigenvalue weighted by Crippen LogP contribution is -2.26. The van der Waals surface area contributed by atoms with E-state index in [9.17, 15) is 13.2 Å². The molecule has 0 amide bonds. The van der Waals surface area contributed by atoms with E-state index >= 15 is 0 Å². The fraction of sp³-hybridized carbons (Fsp3) is 0.562. The molecule has 0 saturated carbocycles. The molecule has 0 radical (unpaired) electrons. The average molecular weight is 309 g/mol. The van der Waals surface area contributed by atoms with Crippen LogP contribution in [0.4, 0.5) is 0 Å². The Morgan fingerprint density at radius 1 is 1.14 bits per heavy atom. The first-order chi connectivity index (χ1) is 10.0. The quantitative estimate of drug-likeness (QED) is 0.726. The van der Waals surface area contributed by atoms with Gasteiger partial charge >= 0.3 is 0 Å². The Morgan fingerprint density at radius 3 is 2.33 bits per heavy atom. The van der Waals surface area contributed by atoms with Crippen molar-refractivity contribution in [1.29, 1.82) is 0 Å². The van der Waals surface area contributed by atoms with Gasteiger partial charge in [0.15, 0.2) is 15.6 Å². The van der Waals surface area contributed by atoms with Gasteiger partial charge in [0.2, 0.25) is 0 Å². The molecular formula is C16H23NO3S. The first kappa shape index (κ1) is 16.2. The van der Waals surface area contributed by atoms with Gasteiger partial charge in [-0.25, -0.2) is 8.42 Å². The highest BCUT2D eigenvalue weighted by atomic mass is 32.2. The number of hydrogen-bond acceptors (Lipinski definition) is 4. The number of Topliss-reactive ketones (excluding diaryl/α,β-unsaturated/α-hetero) is 1. The van der Waals surface area contributed by atoms with Crippen LogP contribution in [0.3, 0.4) is 0 Å². The van der Waals surface area contributed by atoms with Gasteiger partial charge in [-0.2, -0.15) is 0 Å². The average Bonchev–Trinajstić information content (AvgIpc) is 2.99. The molecule has 0 N–H and O–H groups in total. The zero-order chi connectivity index (χ0) is 15.3. The third-order valence-corrected chi connectivity index (χ3v) is 5.60. The van der Waals surface area contributed by atoms with Crippen LogP contribution in [0.15, 0.2) is 29.2 Å².